The lowest BCUT2D eigenvalue weighted by Gasteiger charge is -2.38. The Labute approximate surface area is 103 Å². The van der Waals surface area contributed by atoms with Crippen molar-refractivity contribution in [2.24, 2.45) is 0 Å². The molecule has 1 aliphatic heterocycles. The molecule has 6 heteroatoms. The van der Waals surface area contributed by atoms with Gasteiger partial charge in [-0.2, -0.15) is 0 Å². The highest BCUT2D eigenvalue weighted by molar-refractivity contribution is 9.10. The van der Waals surface area contributed by atoms with Crippen LogP contribution in [0.1, 0.15) is 6.92 Å². The van der Waals surface area contributed by atoms with Gasteiger partial charge in [0.2, 0.25) is 10.0 Å². The van der Waals surface area contributed by atoms with Gasteiger partial charge in [0.25, 0.3) is 0 Å². The number of ether oxygens (including phenoxy) is 1. The molecule has 88 valence electrons. The van der Waals surface area contributed by atoms with Gasteiger partial charge in [-0.3, -0.25) is 0 Å². The smallest absolute Gasteiger partial charge is 0.241 e. The average Bonchev–Trinajstić information content (AvgIpc) is 2.15. The van der Waals surface area contributed by atoms with Crippen molar-refractivity contribution in [3.05, 3.63) is 28.7 Å². The van der Waals surface area contributed by atoms with Crippen LogP contribution in [0, 0.1) is 0 Å². The highest BCUT2D eigenvalue weighted by Gasteiger charge is 2.37. The van der Waals surface area contributed by atoms with Crippen LogP contribution in [0.25, 0.3) is 0 Å². The molecule has 1 aliphatic rings. The van der Waals surface area contributed by atoms with Crippen molar-refractivity contribution in [2.75, 3.05) is 13.2 Å². The lowest BCUT2D eigenvalue weighted by atomic mass is 10.0. The van der Waals surface area contributed by atoms with Crippen LogP contribution < -0.4 is 4.72 Å². The number of benzene rings is 1. The van der Waals surface area contributed by atoms with E-state index in [1.807, 2.05) is 6.92 Å². The van der Waals surface area contributed by atoms with E-state index in [0.29, 0.717) is 13.2 Å². The van der Waals surface area contributed by atoms with Crippen molar-refractivity contribution in [2.45, 2.75) is 17.4 Å². The molecule has 0 aliphatic carbocycles. The van der Waals surface area contributed by atoms with Crippen molar-refractivity contribution in [3.8, 4) is 0 Å². The van der Waals surface area contributed by atoms with E-state index in [1.165, 1.54) is 0 Å². The second-order valence-corrected chi connectivity index (χ2v) is 6.71. The minimum Gasteiger partial charge on any atom is -0.377 e. The van der Waals surface area contributed by atoms with Gasteiger partial charge in [-0.05, 0) is 31.2 Å². The van der Waals surface area contributed by atoms with Crippen LogP contribution in [0.5, 0.6) is 0 Å². The van der Waals surface area contributed by atoms with Crippen molar-refractivity contribution < 1.29 is 13.2 Å². The first-order valence-electron chi connectivity index (χ1n) is 4.79. The van der Waals surface area contributed by atoms with Crippen molar-refractivity contribution in [1.29, 1.82) is 0 Å². The fourth-order valence-electron chi connectivity index (χ4n) is 1.46. The summed E-state index contributed by atoms with van der Waals surface area (Å²) in [5, 5.41) is 0. The quantitative estimate of drug-likeness (QED) is 0.921. The maximum absolute atomic E-state index is 12.0. The third-order valence-electron chi connectivity index (χ3n) is 2.35. The summed E-state index contributed by atoms with van der Waals surface area (Å²) in [5.74, 6) is 0. The Morgan fingerprint density at radius 2 is 1.88 bits per heavy atom. The zero-order valence-electron chi connectivity index (χ0n) is 8.73. The Morgan fingerprint density at radius 3 is 2.31 bits per heavy atom. The van der Waals surface area contributed by atoms with Gasteiger partial charge in [0, 0.05) is 4.47 Å². The van der Waals surface area contributed by atoms with Gasteiger partial charge in [0.05, 0.1) is 23.6 Å². The SMILES string of the molecule is CC1(NS(=O)(=O)c2ccc(Br)cc2)COC1. The number of hydrogen-bond acceptors (Lipinski definition) is 3. The average molecular weight is 306 g/mol. The first kappa shape index (κ1) is 12.0. The molecular formula is C10H12BrNO3S. The largest absolute Gasteiger partial charge is 0.377 e. The number of hydrogen-bond donors (Lipinski definition) is 1. The monoisotopic (exact) mass is 305 g/mol. The van der Waals surface area contributed by atoms with Crippen LogP contribution in [0.2, 0.25) is 0 Å². The summed E-state index contributed by atoms with van der Waals surface area (Å²) in [6, 6.07) is 6.53. The number of rotatable bonds is 3. The number of nitrogens with one attached hydrogen (secondary N) is 1. The van der Waals surface area contributed by atoms with E-state index in [9.17, 15) is 8.42 Å². The summed E-state index contributed by atoms with van der Waals surface area (Å²) < 4.78 is 32.4. The van der Waals surface area contributed by atoms with Crippen molar-refractivity contribution in [3.63, 3.8) is 0 Å². The molecule has 1 aromatic carbocycles. The van der Waals surface area contributed by atoms with Crippen LogP contribution in [0.4, 0.5) is 0 Å². The second kappa shape index (κ2) is 4.10. The Morgan fingerprint density at radius 1 is 1.31 bits per heavy atom. The second-order valence-electron chi connectivity index (χ2n) is 4.11. The van der Waals surface area contributed by atoms with E-state index >= 15 is 0 Å². The topological polar surface area (TPSA) is 55.4 Å². The van der Waals surface area contributed by atoms with E-state index in [-0.39, 0.29) is 4.90 Å². The van der Waals surface area contributed by atoms with Crippen molar-refractivity contribution in [1.82, 2.24) is 4.72 Å². The van der Waals surface area contributed by atoms with Gasteiger partial charge in [0.1, 0.15) is 0 Å². The van der Waals surface area contributed by atoms with Crippen LogP contribution in [-0.2, 0) is 14.8 Å². The van der Waals surface area contributed by atoms with E-state index in [4.69, 9.17) is 4.74 Å². The molecule has 0 amide bonds. The van der Waals surface area contributed by atoms with Gasteiger partial charge >= 0.3 is 0 Å². The highest BCUT2D eigenvalue weighted by Crippen LogP contribution is 2.21. The minimum absolute atomic E-state index is 0.267. The van der Waals surface area contributed by atoms with Gasteiger partial charge in [-0.15, -0.1) is 0 Å². The zero-order chi connectivity index (χ0) is 11.8. The molecule has 0 atom stereocenters. The molecular weight excluding hydrogens is 294 g/mol. The molecule has 16 heavy (non-hydrogen) atoms. The molecule has 0 radical (unpaired) electrons. The molecule has 4 nitrogen and oxygen atoms in total. The molecule has 0 aromatic heterocycles. The first-order chi connectivity index (χ1) is 7.41. The van der Waals surface area contributed by atoms with E-state index in [2.05, 4.69) is 20.7 Å². The predicted octanol–water partition coefficient (Wildman–Crippen LogP) is 1.52. The van der Waals surface area contributed by atoms with E-state index in [0.717, 1.165) is 4.47 Å². The third kappa shape index (κ3) is 2.45. The standard InChI is InChI=1S/C10H12BrNO3S/c1-10(6-15-7-10)12-16(13,14)9-4-2-8(11)3-5-9/h2-5,12H,6-7H2,1H3. The van der Waals surface area contributed by atoms with Gasteiger partial charge in [0.15, 0.2) is 0 Å². The Balaban J connectivity index is 2.22. The summed E-state index contributed by atoms with van der Waals surface area (Å²) in [7, 11) is -3.45. The molecule has 1 aromatic rings. The molecule has 1 N–H and O–H groups in total. The highest BCUT2D eigenvalue weighted by atomic mass is 79.9. The van der Waals surface area contributed by atoms with E-state index in [1.54, 1.807) is 24.3 Å². The van der Waals surface area contributed by atoms with Crippen LogP contribution in [0.15, 0.2) is 33.6 Å². The Hall–Kier alpha value is -0.430. The zero-order valence-corrected chi connectivity index (χ0v) is 11.1. The molecule has 1 heterocycles. The first-order valence-corrected chi connectivity index (χ1v) is 7.06. The normalized spacial score (nSPS) is 19.1. The molecule has 0 bridgehead atoms. The summed E-state index contributed by atoms with van der Waals surface area (Å²) in [6.07, 6.45) is 0. The van der Waals surface area contributed by atoms with Gasteiger partial charge in [-0.25, -0.2) is 13.1 Å². The van der Waals surface area contributed by atoms with Crippen molar-refractivity contribution >= 4 is 26.0 Å². The predicted molar refractivity (Wildman–Crippen MR) is 63.7 cm³/mol. The van der Waals surface area contributed by atoms with Gasteiger partial charge < -0.3 is 4.74 Å². The molecule has 1 fully saturated rings. The number of halogens is 1. The Bertz CT molecular complexity index is 479. The van der Waals surface area contributed by atoms with Crippen LogP contribution in [-0.4, -0.2) is 27.2 Å². The maximum atomic E-state index is 12.0. The summed E-state index contributed by atoms with van der Waals surface area (Å²) in [6.45, 7) is 2.67. The molecule has 1 saturated heterocycles. The minimum atomic E-state index is -3.45. The fourth-order valence-corrected chi connectivity index (χ4v) is 3.11. The number of sulfonamides is 1. The Kier molecular flexibility index (Phi) is 3.09. The molecule has 2 rings (SSSR count). The summed E-state index contributed by atoms with van der Waals surface area (Å²) >= 11 is 3.26. The molecule has 0 spiro atoms. The van der Waals surface area contributed by atoms with E-state index < -0.39 is 15.6 Å². The third-order valence-corrected chi connectivity index (χ3v) is 4.53. The summed E-state index contributed by atoms with van der Waals surface area (Å²) in [5.41, 5.74) is -0.466. The molecule has 0 unspecified atom stereocenters. The maximum Gasteiger partial charge on any atom is 0.241 e. The lowest BCUT2D eigenvalue weighted by molar-refractivity contribution is -0.0523. The van der Waals surface area contributed by atoms with Crippen LogP contribution >= 0.6 is 15.9 Å². The lowest BCUT2D eigenvalue weighted by Crippen LogP contribution is -2.59. The molecule has 0 saturated carbocycles. The van der Waals surface area contributed by atoms with Crippen LogP contribution in [0.3, 0.4) is 0 Å². The van der Waals surface area contributed by atoms with Gasteiger partial charge in [-0.1, -0.05) is 15.9 Å². The summed E-state index contributed by atoms with van der Waals surface area (Å²) in [4.78, 5) is 0.267. The fraction of sp³-hybridized carbons (Fsp3) is 0.400.